The molecular weight excluding hydrogens is 335 g/mol. The quantitative estimate of drug-likeness (QED) is 0.830. The number of carbonyl (C=O) groups is 2. The molecule has 0 atom stereocenters. The Balaban J connectivity index is 2.01. The first kappa shape index (κ1) is 18.0. The van der Waals surface area contributed by atoms with Crippen LogP contribution >= 0.6 is 0 Å². The summed E-state index contributed by atoms with van der Waals surface area (Å²) in [4.78, 5) is 23.6. The van der Waals surface area contributed by atoms with E-state index in [9.17, 15) is 22.8 Å². The average Bonchev–Trinajstić information content (AvgIpc) is 2.54. The fraction of sp³-hybridized carbons (Fsp3) is 0.118. The van der Waals surface area contributed by atoms with Gasteiger partial charge in [0.1, 0.15) is 6.42 Å². The highest BCUT2D eigenvalue weighted by molar-refractivity contribution is 6.08. The van der Waals surface area contributed by atoms with E-state index in [-0.39, 0.29) is 0 Å². The van der Waals surface area contributed by atoms with Gasteiger partial charge in [0.2, 0.25) is 11.8 Å². The van der Waals surface area contributed by atoms with Crippen LogP contribution in [-0.4, -0.2) is 11.8 Å². The Morgan fingerprint density at radius 2 is 1.68 bits per heavy atom. The van der Waals surface area contributed by atoms with Crippen LogP contribution in [0.4, 0.5) is 24.5 Å². The van der Waals surface area contributed by atoms with E-state index in [4.69, 9.17) is 5.26 Å². The third-order valence-corrected chi connectivity index (χ3v) is 3.10. The van der Waals surface area contributed by atoms with Crippen molar-refractivity contribution in [1.82, 2.24) is 0 Å². The predicted molar refractivity (Wildman–Crippen MR) is 84.5 cm³/mol. The summed E-state index contributed by atoms with van der Waals surface area (Å²) in [7, 11) is 0. The first-order chi connectivity index (χ1) is 11.8. The van der Waals surface area contributed by atoms with Crippen molar-refractivity contribution in [2.24, 2.45) is 0 Å². The summed E-state index contributed by atoms with van der Waals surface area (Å²) in [6.07, 6.45) is -5.28. The molecule has 2 rings (SSSR count). The first-order valence-electron chi connectivity index (χ1n) is 7.05. The van der Waals surface area contributed by atoms with Gasteiger partial charge < -0.3 is 10.6 Å². The zero-order valence-electron chi connectivity index (χ0n) is 12.7. The van der Waals surface area contributed by atoms with Gasteiger partial charge in [-0.05, 0) is 30.3 Å². The van der Waals surface area contributed by atoms with Crippen LogP contribution in [0.3, 0.4) is 0 Å². The number of hydrogen-bond acceptors (Lipinski definition) is 3. The van der Waals surface area contributed by atoms with Crippen molar-refractivity contribution in [1.29, 1.82) is 5.26 Å². The molecule has 0 saturated heterocycles. The molecule has 128 valence electrons. The number of nitrogens with zero attached hydrogens (tertiary/aromatic N) is 1. The molecule has 0 aromatic heterocycles. The van der Waals surface area contributed by atoms with Gasteiger partial charge in [-0.3, -0.25) is 9.59 Å². The van der Waals surface area contributed by atoms with Crippen molar-refractivity contribution >= 4 is 23.2 Å². The van der Waals surface area contributed by atoms with Crippen LogP contribution in [0.5, 0.6) is 0 Å². The van der Waals surface area contributed by atoms with E-state index >= 15 is 0 Å². The summed E-state index contributed by atoms with van der Waals surface area (Å²) < 4.78 is 38.6. The maximum absolute atomic E-state index is 12.9. The second-order valence-electron chi connectivity index (χ2n) is 5.01. The van der Waals surface area contributed by atoms with Gasteiger partial charge in [0, 0.05) is 5.69 Å². The zero-order chi connectivity index (χ0) is 18.4. The lowest BCUT2D eigenvalue weighted by Crippen LogP contribution is -2.22. The molecule has 0 aliphatic rings. The number of rotatable bonds is 4. The highest BCUT2D eigenvalue weighted by Crippen LogP contribution is 2.34. The molecule has 0 unspecified atom stereocenters. The lowest BCUT2D eigenvalue weighted by molar-refractivity contribution is -0.137. The summed E-state index contributed by atoms with van der Waals surface area (Å²) in [5.41, 5.74) is -0.779. The molecule has 0 aliphatic carbocycles. The number of benzene rings is 2. The van der Waals surface area contributed by atoms with Crippen LogP contribution in [0.25, 0.3) is 0 Å². The molecule has 0 heterocycles. The molecule has 25 heavy (non-hydrogen) atoms. The minimum atomic E-state index is -4.62. The normalized spacial score (nSPS) is 10.6. The third-order valence-electron chi connectivity index (χ3n) is 3.10. The van der Waals surface area contributed by atoms with E-state index in [2.05, 4.69) is 10.6 Å². The zero-order valence-corrected chi connectivity index (χ0v) is 12.7. The summed E-state index contributed by atoms with van der Waals surface area (Å²) in [5, 5.41) is 13.3. The summed E-state index contributed by atoms with van der Waals surface area (Å²) in [5.74, 6) is -1.59. The maximum Gasteiger partial charge on any atom is 0.418 e. The van der Waals surface area contributed by atoms with E-state index in [1.807, 2.05) is 6.07 Å². The van der Waals surface area contributed by atoms with Gasteiger partial charge in [-0.25, -0.2) is 0 Å². The largest absolute Gasteiger partial charge is 0.418 e. The standard InChI is InChI=1S/C17H12F3N3O2/c18-17(19,20)13-6-1-2-7-14(13)23-16(25)9-15(24)22-12-5-3-4-11(8-12)10-21/h1-8H,9H2,(H,22,24)(H,23,25). The van der Waals surface area contributed by atoms with Crippen LogP contribution in [0, 0.1) is 11.3 Å². The smallest absolute Gasteiger partial charge is 0.326 e. The van der Waals surface area contributed by atoms with Crippen LogP contribution in [0.1, 0.15) is 17.5 Å². The van der Waals surface area contributed by atoms with E-state index in [0.717, 1.165) is 12.1 Å². The van der Waals surface area contributed by atoms with Crippen molar-refractivity contribution in [3.05, 3.63) is 59.7 Å². The van der Waals surface area contributed by atoms with Gasteiger partial charge in [-0.15, -0.1) is 0 Å². The average molecular weight is 347 g/mol. The molecule has 2 aromatic carbocycles. The summed E-state index contributed by atoms with van der Waals surface area (Å²) >= 11 is 0. The Morgan fingerprint density at radius 3 is 2.36 bits per heavy atom. The Bertz CT molecular complexity index is 842. The number of alkyl halides is 3. The molecule has 0 radical (unpaired) electrons. The van der Waals surface area contributed by atoms with Gasteiger partial charge in [0.25, 0.3) is 0 Å². The highest BCUT2D eigenvalue weighted by atomic mass is 19.4. The molecule has 5 nitrogen and oxygen atoms in total. The molecule has 0 spiro atoms. The minimum absolute atomic E-state index is 0.313. The summed E-state index contributed by atoms with van der Waals surface area (Å²) in [6, 6.07) is 12.4. The topological polar surface area (TPSA) is 82.0 Å². The van der Waals surface area contributed by atoms with Crippen molar-refractivity contribution < 1.29 is 22.8 Å². The van der Waals surface area contributed by atoms with Crippen LogP contribution < -0.4 is 10.6 Å². The van der Waals surface area contributed by atoms with Crippen LogP contribution in [0.2, 0.25) is 0 Å². The van der Waals surface area contributed by atoms with Crippen molar-refractivity contribution in [3.8, 4) is 6.07 Å². The Hall–Kier alpha value is -3.34. The Morgan fingerprint density at radius 1 is 1.00 bits per heavy atom. The molecule has 0 fully saturated rings. The van der Waals surface area contributed by atoms with Gasteiger partial charge >= 0.3 is 6.18 Å². The first-order valence-corrected chi connectivity index (χ1v) is 7.05. The van der Waals surface area contributed by atoms with Crippen molar-refractivity contribution in [3.63, 3.8) is 0 Å². The number of hydrogen-bond donors (Lipinski definition) is 2. The SMILES string of the molecule is N#Cc1cccc(NC(=O)CC(=O)Nc2ccccc2C(F)(F)F)c1. The van der Waals surface area contributed by atoms with Gasteiger partial charge in [0.05, 0.1) is 22.9 Å². The minimum Gasteiger partial charge on any atom is -0.326 e. The number of anilines is 2. The number of nitriles is 1. The molecule has 0 aliphatic heterocycles. The molecular formula is C17H12F3N3O2. The van der Waals surface area contributed by atoms with Crippen molar-refractivity contribution in [2.75, 3.05) is 10.6 Å². The van der Waals surface area contributed by atoms with Gasteiger partial charge in [-0.2, -0.15) is 18.4 Å². The molecule has 8 heteroatoms. The van der Waals surface area contributed by atoms with E-state index < -0.39 is 35.7 Å². The number of nitrogens with one attached hydrogen (secondary N) is 2. The number of para-hydroxylation sites is 1. The van der Waals surface area contributed by atoms with E-state index in [1.165, 1.54) is 30.3 Å². The third kappa shape index (κ3) is 5.07. The molecule has 2 aromatic rings. The molecule has 0 bridgehead atoms. The molecule has 2 amide bonds. The van der Waals surface area contributed by atoms with Crippen molar-refractivity contribution in [2.45, 2.75) is 12.6 Å². The monoisotopic (exact) mass is 347 g/mol. The van der Waals surface area contributed by atoms with Gasteiger partial charge in [-0.1, -0.05) is 18.2 Å². The summed E-state index contributed by atoms with van der Waals surface area (Å²) in [6.45, 7) is 0. The number of carbonyl (C=O) groups excluding carboxylic acids is 2. The fourth-order valence-corrected chi connectivity index (χ4v) is 2.05. The second kappa shape index (κ2) is 7.49. The number of amides is 2. The second-order valence-corrected chi connectivity index (χ2v) is 5.01. The molecule has 0 saturated carbocycles. The molecule has 2 N–H and O–H groups in total. The maximum atomic E-state index is 12.9. The Labute approximate surface area is 141 Å². The number of halogens is 3. The highest BCUT2D eigenvalue weighted by Gasteiger charge is 2.33. The van der Waals surface area contributed by atoms with E-state index in [1.54, 1.807) is 6.07 Å². The van der Waals surface area contributed by atoms with Crippen LogP contribution in [-0.2, 0) is 15.8 Å². The van der Waals surface area contributed by atoms with Crippen LogP contribution in [0.15, 0.2) is 48.5 Å². The van der Waals surface area contributed by atoms with E-state index in [0.29, 0.717) is 11.3 Å². The lowest BCUT2D eigenvalue weighted by Gasteiger charge is -2.13. The fourth-order valence-electron chi connectivity index (χ4n) is 2.05. The lowest BCUT2D eigenvalue weighted by atomic mass is 10.1. The van der Waals surface area contributed by atoms with Gasteiger partial charge in [0.15, 0.2) is 0 Å². The Kier molecular flexibility index (Phi) is 5.39. The predicted octanol–water partition coefficient (Wildman–Crippen LogP) is 3.54.